The summed E-state index contributed by atoms with van der Waals surface area (Å²) in [6.45, 7) is 0.351. The summed E-state index contributed by atoms with van der Waals surface area (Å²) in [6.07, 6.45) is 1.72. The summed E-state index contributed by atoms with van der Waals surface area (Å²) in [5.74, 6) is 2.58. The molecular formula is C20H19N5O4S. The number of nitrogens with zero attached hydrogens (tertiary/aromatic N) is 4. The Hall–Kier alpha value is -3.53. The highest BCUT2D eigenvalue weighted by Crippen LogP contribution is 2.31. The molecule has 0 saturated heterocycles. The number of amides is 1. The zero-order chi connectivity index (χ0) is 20.9. The summed E-state index contributed by atoms with van der Waals surface area (Å²) in [4.78, 5) is 11.3. The standard InChI is InChI=1S/C20H19N5O4S/c1-27-16-6-3-2-5-14(16)15-11-13(29-24-15)12-30-20-23-22-19(17-7-4-10-28-17)25(20)9-8-18(21)26/h2-7,10-11H,8-9,12H2,1H3,(H2,21,26). The first-order valence-electron chi connectivity index (χ1n) is 9.13. The van der Waals surface area contributed by atoms with Crippen LogP contribution in [0.15, 0.2) is 62.8 Å². The molecule has 1 aromatic carbocycles. The number of benzene rings is 1. The Balaban J connectivity index is 1.53. The van der Waals surface area contributed by atoms with Crippen molar-refractivity contribution in [2.24, 2.45) is 5.73 Å². The molecule has 0 fully saturated rings. The van der Waals surface area contributed by atoms with Crippen molar-refractivity contribution in [2.45, 2.75) is 23.9 Å². The minimum absolute atomic E-state index is 0.166. The molecule has 0 bridgehead atoms. The Kier molecular flexibility index (Phi) is 5.84. The summed E-state index contributed by atoms with van der Waals surface area (Å²) in [5, 5.41) is 13.2. The molecule has 0 aliphatic rings. The van der Waals surface area contributed by atoms with Gasteiger partial charge in [0, 0.05) is 24.6 Å². The molecule has 0 radical (unpaired) electrons. The van der Waals surface area contributed by atoms with Gasteiger partial charge in [0.25, 0.3) is 0 Å². The SMILES string of the molecule is COc1ccccc1-c1cc(CSc2nnc(-c3ccco3)n2CCC(N)=O)on1. The predicted octanol–water partition coefficient (Wildman–Crippen LogP) is 3.37. The van der Waals surface area contributed by atoms with Crippen molar-refractivity contribution in [1.82, 2.24) is 19.9 Å². The van der Waals surface area contributed by atoms with Crippen molar-refractivity contribution >= 4 is 17.7 Å². The molecule has 4 rings (SSSR count). The highest BCUT2D eigenvalue weighted by molar-refractivity contribution is 7.98. The number of carbonyl (C=O) groups is 1. The number of furan rings is 1. The van der Waals surface area contributed by atoms with Gasteiger partial charge in [0.1, 0.15) is 17.2 Å². The average Bonchev–Trinajstić information content (AvgIpc) is 3.51. The Morgan fingerprint density at radius 1 is 1.23 bits per heavy atom. The van der Waals surface area contributed by atoms with Crippen LogP contribution in [0.1, 0.15) is 12.2 Å². The first-order chi connectivity index (χ1) is 14.7. The van der Waals surface area contributed by atoms with Crippen molar-refractivity contribution < 1.29 is 18.5 Å². The molecule has 0 aliphatic heterocycles. The van der Waals surface area contributed by atoms with E-state index < -0.39 is 5.91 Å². The predicted molar refractivity (Wildman–Crippen MR) is 110 cm³/mol. The number of hydrogen-bond acceptors (Lipinski definition) is 8. The molecule has 0 saturated carbocycles. The van der Waals surface area contributed by atoms with E-state index in [-0.39, 0.29) is 6.42 Å². The monoisotopic (exact) mass is 425 g/mol. The van der Waals surface area contributed by atoms with Gasteiger partial charge in [-0.15, -0.1) is 10.2 Å². The molecule has 30 heavy (non-hydrogen) atoms. The third-order valence-electron chi connectivity index (χ3n) is 4.33. The fourth-order valence-corrected chi connectivity index (χ4v) is 3.75. The van der Waals surface area contributed by atoms with E-state index >= 15 is 0 Å². The third-order valence-corrected chi connectivity index (χ3v) is 5.31. The molecule has 1 amide bonds. The molecule has 4 aromatic rings. The molecule has 154 valence electrons. The van der Waals surface area contributed by atoms with Crippen LogP contribution in [0.3, 0.4) is 0 Å². The number of primary amides is 1. The summed E-state index contributed by atoms with van der Waals surface area (Å²) in [6, 6.07) is 13.0. The van der Waals surface area contributed by atoms with Gasteiger partial charge in [-0.2, -0.15) is 0 Å². The van der Waals surface area contributed by atoms with Crippen LogP contribution in [-0.4, -0.2) is 32.9 Å². The molecule has 0 unspecified atom stereocenters. The number of carbonyl (C=O) groups excluding carboxylic acids is 1. The number of methoxy groups -OCH3 is 1. The van der Waals surface area contributed by atoms with Crippen molar-refractivity contribution in [3.63, 3.8) is 0 Å². The highest BCUT2D eigenvalue weighted by Gasteiger charge is 2.18. The number of thioether (sulfide) groups is 1. The zero-order valence-electron chi connectivity index (χ0n) is 16.1. The Labute approximate surface area is 176 Å². The van der Waals surface area contributed by atoms with Gasteiger partial charge < -0.3 is 19.4 Å². The number of aromatic nitrogens is 4. The van der Waals surface area contributed by atoms with E-state index in [0.29, 0.717) is 40.5 Å². The van der Waals surface area contributed by atoms with E-state index in [4.69, 9.17) is 19.4 Å². The van der Waals surface area contributed by atoms with Crippen LogP contribution in [0.4, 0.5) is 0 Å². The van der Waals surface area contributed by atoms with Crippen LogP contribution in [-0.2, 0) is 17.1 Å². The van der Waals surface area contributed by atoms with E-state index in [1.165, 1.54) is 11.8 Å². The van der Waals surface area contributed by atoms with E-state index in [2.05, 4.69) is 15.4 Å². The number of ether oxygens (including phenoxy) is 1. The molecule has 0 aliphatic carbocycles. The van der Waals surface area contributed by atoms with E-state index in [1.54, 1.807) is 25.5 Å². The van der Waals surface area contributed by atoms with Gasteiger partial charge in [-0.25, -0.2) is 0 Å². The maximum Gasteiger partial charge on any atom is 0.219 e. The maximum absolute atomic E-state index is 11.3. The highest BCUT2D eigenvalue weighted by atomic mass is 32.2. The van der Waals surface area contributed by atoms with Gasteiger partial charge >= 0.3 is 0 Å². The minimum atomic E-state index is -0.401. The van der Waals surface area contributed by atoms with Crippen LogP contribution in [0.25, 0.3) is 22.8 Å². The topological polar surface area (TPSA) is 122 Å². The zero-order valence-corrected chi connectivity index (χ0v) is 17.0. The van der Waals surface area contributed by atoms with Crippen molar-refractivity contribution in [3.8, 4) is 28.6 Å². The first-order valence-corrected chi connectivity index (χ1v) is 10.1. The molecule has 9 nitrogen and oxygen atoms in total. The second kappa shape index (κ2) is 8.87. The summed E-state index contributed by atoms with van der Waals surface area (Å²) < 4.78 is 18.1. The average molecular weight is 425 g/mol. The van der Waals surface area contributed by atoms with Crippen LogP contribution in [0.2, 0.25) is 0 Å². The van der Waals surface area contributed by atoms with Crippen LogP contribution in [0, 0.1) is 0 Å². The quantitative estimate of drug-likeness (QED) is 0.405. The number of para-hydroxylation sites is 1. The normalized spacial score (nSPS) is 11.0. The van der Waals surface area contributed by atoms with Crippen molar-refractivity contribution in [2.75, 3.05) is 7.11 Å². The smallest absolute Gasteiger partial charge is 0.219 e. The van der Waals surface area contributed by atoms with Crippen molar-refractivity contribution in [3.05, 3.63) is 54.5 Å². The molecule has 3 heterocycles. The fraction of sp³-hybridized carbons (Fsp3) is 0.200. The van der Waals surface area contributed by atoms with Crippen molar-refractivity contribution in [1.29, 1.82) is 0 Å². The lowest BCUT2D eigenvalue weighted by Crippen LogP contribution is -2.15. The Morgan fingerprint density at radius 2 is 2.10 bits per heavy atom. The van der Waals surface area contributed by atoms with Crippen LogP contribution < -0.4 is 10.5 Å². The van der Waals surface area contributed by atoms with Gasteiger partial charge in [-0.1, -0.05) is 29.1 Å². The molecule has 0 atom stereocenters. The van der Waals surface area contributed by atoms with E-state index in [1.807, 2.05) is 34.9 Å². The number of hydrogen-bond donors (Lipinski definition) is 1. The van der Waals surface area contributed by atoms with Crippen LogP contribution >= 0.6 is 11.8 Å². The summed E-state index contributed by atoms with van der Waals surface area (Å²) in [7, 11) is 1.62. The summed E-state index contributed by atoms with van der Waals surface area (Å²) >= 11 is 1.42. The van der Waals surface area contributed by atoms with Gasteiger partial charge in [-0.05, 0) is 24.3 Å². The third kappa shape index (κ3) is 4.23. The van der Waals surface area contributed by atoms with Gasteiger partial charge in [-0.3, -0.25) is 9.36 Å². The number of rotatable bonds is 9. The first kappa shape index (κ1) is 19.8. The fourth-order valence-electron chi connectivity index (χ4n) is 2.91. The molecule has 0 spiro atoms. The molecule has 10 heteroatoms. The van der Waals surface area contributed by atoms with E-state index in [0.717, 1.165) is 11.3 Å². The Morgan fingerprint density at radius 3 is 2.87 bits per heavy atom. The molecular weight excluding hydrogens is 406 g/mol. The second-order valence-electron chi connectivity index (χ2n) is 6.32. The number of nitrogens with two attached hydrogens (primary N) is 1. The second-order valence-corrected chi connectivity index (χ2v) is 7.26. The lowest BCUT2D eigenvalue weighted by molar-refractivity contribution is -0.118. The maximum atomic E-state index is 11.3. The molecule has 2 N–H and O–H groups in total. The van der Waals surface area contributed by atoms with E-state index in [9.17, 15) is 4.79 Å². The minimum Gasteiger partial charge on any atom is -0.496 e. The largest absolute Gasteiger partial charge is 0.496 e. The summed E-state index contributed by atoms with van der Waals surface area (Å²) in [5.41, 5.74) is 6.86. The van der Waals surface area contributed by atoms with Gasteiger partial charge in [0.2, 0.25) is 5.91 Å². The Bertz CT molecular complexity index is 1140. The lowest BCUT2D eigenvalue weighted by Gasteiger charge is -2.07. The van der Waals surface area contributed by atoms with Gasteiger partial charge in [0.15, 0.2) is 16.7 Å². The lowest BCUT2D eigenvalue weighted by atomic mass is 10.1. The van der Waals surface area contributed by atoms with Gasteiger partial charge in [0.05, 0.1) is 19.1 Å². The van der Waals surface area contributed by atoms with Crippen LogP contribution in [0.5, 0.6) is 5.75 Å². The molecule has 3 aromatic heterocycles.